The number of aryl methyl sites for hydroxylation is 1. The monoisotopic (exact) mass is 466 g/mol. The Morgan fingerprint density at radius 3 is 2.85 bits per heavy atom. The molecule has 1 amide bonds. The number of thioether (sulfide) groups is 2. The molecule has 2 aromatic carbocycles. The highest BCUT2D eigenvalue weighted by molar-refractivity contribution is 9.10. The van der Waals surface area contributed by atoms with E-state index < -0.39 is 0 Å². The first-order chi connectivity index (χ1) is 12.6. The van der Waals surface area contributed by atoms with Crippen molar-refractivity contribution in [3.05, 3.63) is 57.3 Å². The molecule has 1 aromatic heterocycles. The van der Waals surface area contributed by atoms with Crippen molar-refractivity contribution in [3.63, 3.8) is 0 Å². The molecular formula is C19H19BrN2OS3. The molecule has 0 N–H and O–H groups in total. The van der Waals surface area contributed by atoms with E-state index in [1.807, 2.05) is 30.3 Å². The summed E-state index contributed by atoms with van der Waals surface area (Å²) in [6, 6.07) is 13.9. The number of carbonyl (C=O) groups is 1. The van der Waals surface area contributed by atoms with E-state index >= 15 is 0 Å². The van der Waals surface area contributed by atoms with E-state index in [9.17, 15) is 4.79 Å². The molecular weight excluding hydrogens is 448 g/mol. The lowest BCUT2D eigenvalue weighted by Crippen LogP contribution is -2.18. The molecule has 7 heteroatoms. The highest BCUT2D eigenvalue weighted by atomic mass is 79.9. The number of nitrogens with zero attached hydrogens (tertiary/aromatic N) is 2. The minimum absolute atomic E-state index is 0.176. The van der Waals surface area contributed by atoms with Gasteiger partial charge in [0, 0.05) is 21.7 Å². The number of hydrogen-bond acceptors (Lipinski definition) is 4. The zero-order valence-corrected chi connectivity index (χ0v) is 18.6. The van der Waals surface area contributed by atoms with Gasteiger partial charge in [0.2, 0.25) is 0 Å². The average molecular weight is 467 g/mol. The smallest absolute Gasteiger partial charge is 0.280 e. The van der Waals surface area contributed by atoms with Crippen LogP contribution in [0.3, 0.4) is 0 Å². The first-order valence-corrected chi connectivity index (χ1v) is 12.2. The maximum absolute atomic E-state index is 12.9. The first kappa shape index (κ1) is 19.7. The second-order valence-corrected chi connectivity index (χ2v) is 9.70. The van der Waals surface area contributed by atoms with Gasteiger partial charge in [-0.25, -0.2) is 0 Å². The molecule has 0 aliphatic rings. The SMILES string of the molecule is CCSc1ccccc1C(=O)N=c1sc2cc(Br)ccc2n1CCSC. The number of benzene rings is 2. The molecule has 0 aliphatic heterocycles. The van der Waals surface area contributed by atoms with Gasteiger partial charge in [0.15, 0.2) is 4.80 Å². The van der Waals surface area contributed by atoms with Crippen LogP contribution in [0.1, 0.15) is 17.3 Å². The Hall–Kier alpha value is -1.02. The van der Waals surface area contributed by atoms with Crippen LogP contribution in [0.5, 0.6) is 0 Å². The number of aromatic nitrogens is 1. The number of carbonyl (C=O) groups excluding carboxylic acids is 1. The fourth-order valence-electron chi connectivity index (χ4n) is 2.60. The van der Waals surface area contributed by atoms with Gasteiger partial charge in [-0.1, -0.05) is 46.3 Å². The third kappa shape index (κ3) is 4.44. The summed E-state index contributed by atoms with van der Waals surface area (Å²) >= 11 is 8.55. The molecule has 136 valence electrons. The normalized spacial score (nSPS) is 12.0. The summed E-state index contributed by atoms with van der Waals surface area (Å²) in [6.45, 7) is 2.92. The minimum atomic E-state index is -0.176. The van der Waals surface area contributed by atoms with Crippen molar-refractivity contribution in [2.45, 2.75) is 18.4 Å². The van der Waals surface area contributed by atoms with Gasteiger partial charge in [-0.05, 0) is 42.3 Å². The maximum Gasteiger partial charge on any atom is 0.280 e. The summed E-state index contributed by atoms with van der Waals surface area (Å²) in [5.41, 5.74) is 1.80. The lowest BCUT2D eigenvalue weighted by molar-refractivity contribution is 0.0995. The summed E-state index contributed by atoms with van der Waals surface area (Å²) in [5, 5.41) is 0. The standard InChI is InChI=1S/C19H19BrN2OS3/c1-3-25-16-7-5-4-6-14(16)18(23)21-19-22(10-11-24-2)15-9-8-13(20)12-17(15)26-19/h4-9,12H,3,10-11H2,1-2H3. The van der Waals surface area contributed by atoms with Crippen molar-refractivity contribution in [2.24, 2.45) is 4.99 Å². The number of hydrogen-bond donors (Lipinski definition) is 0. The molecule has 1 heterocycles. The van der Waals surface area contributed by atoms with Gasteiger partial charge >= 0.3 is 0 Å². The molecule has 0 atom stereocenters. The Kier molecular flexibility index (Phi) is 7.03. The average Bonchev–Trinajstić information content (AvgIpc) is 2.96. The molecule has 3 aromatic rings. The topological polar surface area (TPSA) is 34.4 Å². The Labute approximate surface area is 174 Å². The highest BCUT2D eigenvalue weighted by Crippen LogP contribution is 2.24. The fourth-order valence-corrected chi connectivity index (χ4v) is 5.37. The molecule has 0 saturated heterocycles. The van der Waals surface area contributed by atoms with Crippen LogP contribution in [0.15, 0.2) is 56.8 Å². The zero-order chi connectivity index (χ0) is 18.5. The van der Waals surface area contributed by atoms with Crippen LogP contribution in [-0.4, -0.2) is 28.2 Å². The minimum Gasteiger partial charge on any atom is -0.316 e. The van der Waals surface area contributed by atoms with Gasteiger partial charge in [-0.15, -0.1) is 11.8 Å². The molecule has 0 aliphatic carbocycles. The Balaban J connectivity index is 2.10. The molecule has 0 bridgehead atoms. The maximum atomic E-state index is 12.9. The number of thiazole rings is 1. The van der Waals surface area contributed by atoms with Crippen LogP contribution in [-0.2, 0) is 6.54 Å². The number of fused-ring (bicyclic) bond motifs is 1. The molecule has 0 unspecified atom stereocenters. The second-order valence-electron chi connectivity index (χ2n) is 5.49. The van der Waals surface area contributed by atoms with Crippen molar-refractivity contribution in [1.82, 2.24) is 4.57 Å². The summed E-state index contributed by atoms with van der Waals surface area (Å²) in [5.74, 6) is 1.73. The number of halogens is 1. The van der Waals surface area contributed by atoms with E-state index in [4.69, 9.17) is 0 Å². The van der Waals surface area contributed by atoms with Gasteiger partial charge in [0.1, 0.15) is 0 Å². The van der Waals surface area contributed by atoms with Gasteiger partial charge in [-0.2, -0.15) is 16.8 Å². The van der Waals surface area contributed by atoms with Gasteiger partial charge in [-0.3, -0.25) is 4.79 Å². The molecule has 0 fully saturated rings. The van der Waals surface area contributed by atoms with E-state index in [1.54, 1.807) is 34.9 Å². The van der Waals surface area contributed by atoms with Crippen LogP contribution in [0.2, 0.25) is 0 Å². The molecule has 3 nitrogen and oxygen atoms in total. The molecule has 26 heavy (non-hydrogen) atoms. The van der Waals surface area contributed by atoms with Crippen LogP contribution >= 0.6 is 50.8 Å². The van der Waals surface area contributed by atoms with Crippen molar-refractivity contribution in [3.8, 4) is 0 Å². The Morgan fingerprint density at radius 1 is 1.27 bits per heavy atom. The zero-order valence-electron chi connectivity index (χ0n) is 14.6. The first-order valence-electron chi connectivity index (χ1n) is 8.22. The van der Waals surface area contributed by atoms with E-state index in [-0.39, 0.29) is 5.91 Å². The lowest BCUT2D eigenvalue weighted by Gasteiger charge is -2.05. The van der Waals surface area contributed by atoms with Gasteiger partial charge in [0.25, 0.3) is 5.91 Å². The van der Waals surface area contributed by atoms with Gasteiger partial charge < -0.3 is 4.57 Å². The predicted octanol–water partition coefficient (Wildman–Crippen LogP) is 5.68. The predicted molar refractivity (Wildman–Crippen MR) is 119 cm³/mol. The van der Waals surface area contributed by atoms with E-state index in [0.717, 1.165) is 42.4 Å². The third-order valence-corrected chi connectivity index (χ3v) is 6.86. The fraction of sp³-hybridized carbons (Fsp3) is 0.263. The van der Waals surface area contributed by atoms with Crippen molar-refractivity contribution in [2.75, 3.05) is 17.8 Å². The van der Waals surface area contributed by atoms with Crippen LogP contribution in [0.4, 0.5) is 0 Å². The summed E-state index contributed by atoms with van der Waals surface area (Å²) < 4.78 is 4.31. The van der Waals surface area contributed by atoms with E-state index in [1.165, 1.54) is 0 Å². The Bertz CT molecular complexity index is 994. The molecule has 3 rings (SSSR count). The van der Waals surface area contributed by atoms with Crippen molar-refractivity contribution in [1.29, 1.82) is 0 Å². The summed E-state index contributed by atoms with van der Waals surface area (Å²) in [7, 11) is 0. The number of amides is 1. The van der Waals surface area contributed by atoms with Gasteiger partial charge in [0.05, 0.1) is 15.8 Å². The van der Waals surface area contributed by atoms with Crippen LogP contribution < -0.4 is 4.80 Å². The largest absolute Gasteiger partial charge is 0.316 e. The molecule has 0 spiro atoms. The summed E-state index contributed by atoms with van der Waals surface area (Å²) in [6.07, 6.45) is 2.09. The Morgan fingerprint density at radius 2 is 2.08 bits per heavy atom. The lowest BCUT2D eigenvalue weighted by atomic mass is 10.2. The van der Waals surface area contributed by atoms with E-state index in [2.05, 4.69) is 50.8 Å². The van der Waals surface area contributed by atoms with Crippen molar-refractivity contribution < 1.29 is 4.79 Å². The highest BCUT2D eigenvalue weighted by Gasteiger charge is 2.12. The van der Waals surface area contributed by atoms with Crippen molar-refractivity contribution >= 4 is 66.9 Å². The molecule has 0 saturated carbocycles. The number of rotatable bonds is 6. The quantitative estimate of drug-likeness (QED) is 0.438. The van der Waals surface area contributed by atoms with Crippen LogP contribution in [0, 0.1) is 0 Å². The van der Waals surface area contributed by atoms with E-state index in [0.29, 0.717) is 5.56 Å². The second kappa shape index (κ2) is 9.26. The van der Waals surface area contributed by atoms with Crippen LogP contribution in [0.25, 0.3) is 10.2 Å². The summed E-state index contributed by atoms with van der Waals surface area (Å²) in [4.78, 5) is 19.1. The molecule has 0 radical (unpaired) electrons. The third-order valence-electron chi connectivity index (χ3n) is 3.78.